The van der Waals surface area contributed by atoms with Crippen LogP contribution < -0.4 is 5.73 Å². The lowest BCUT2D eigenvalue weighted by atomic mass is 10.1. The third-order valence-corrected chi connectivity index (χ3v) is 2.84. The predicted octanol–water partition coefficient (Wildman–Crippen LogP) is 3.15. The van der Waals surface area contributed by atoms with Gasteiger partial charge in [-0.3, -0.25) is 4.79 Å². The Morgan fingerprint density at radius 2 is 1.89 bits per heavy atom. The Bertz CT molecular complexity index is 413. The van der Waals surface area contributed by atoms with Crippen LogP contribution >= 0.6 is 0 Å². The van der Waals surface area contributed by atoms with E-state index in [1.165, 1.54) is 6.42 Å². The van der Waals surface area contributed by atoms with Crippen molar-refractivity contribution < 1.29 is 9.53 Å². The van der Waals surface area contributed by atoms with Crippen LogP contribution in [-0.2, 0) is 9.53 Å². The Morgan fingerprint density at radius 3 is 2.53 bits per heavy atom. The molecule has 1 aromatic rings. The van der Waals surface area contributed by atoms with E-state index in [1.54, 1.807) is 24.3 Å². The van der Waals surface area contributed by atoms with Gasteiger partial charge in [-0.25, -0.2) is 0 Å². The normalized spacial score (nSPS) is 10.2. The van der Waals surface area contributed by atoms with E-state index in [2.05, 4.69) is 6.92 Å². The molecule has 0 heterocycles. The molecule has 4 heteroatoms. The van der Waals surface area contributed by atoms with E-state index in [1.807, 2.05) is 0 Å². The average Bonchev–Trinajstić information content (AvgIpc) is 2.39. The van der Waals surface area contributed by atoms with Gasteiger partial charge in [0.25, 0.3) is 0 Å². The van der Waals surface area contributed by atoms with Crippen molar-refractivity contribution in [2.45, 2.75) is 39.0 Å². The fourth-order valence-electron chi connectivity index (χ4n) is 1.70. The molecule has 0 aliphatic heterocycles. The van der Waals surface area contributed by atoms with Crippen LogP contribution in [0.1, 0.15) is 44.6 Å². The summed E-state index contributed by atoms with van der Waals surface area (Å²) in [5, 5.41) is 7.84. The lowest BCUT2D eigenvalue weighted by Gasteiger charge is -2.06. The second kappa shape index (κ2) is 8.29. The van der Waals surface area contributed by atoms with Gasteiger partial charge in [0.2, 0.25) is 0 Å². The number of carbonyl (C=O) groups excluding carboxylic acids is 1. The minimum Gasteiger partial charge on any atom is -0.465 e. The number of rotatable bonds is 8. The maximum Gasteiger partial charge on any atom is 0.311 e. The molecule has 3 N–H and O–H groups in total. The molecule has 0 aliphatic rings. The molecule has 4 nitrogen and oxygen atoms in total. The summed E-state index contributed by atoms with van der Waals surface area (Å²) in [4.78, 5) is 11.5. The number of hydrogen-bond acceptors (Lipinski definition) is 4. The van der Waals surface area contributed by atoms with Gasteiger partial charge in [-0.15, -0.1) is 0 Å². The van der Waals surface area contributed by atoms with Crippen molar-refractivity contribution in [2.24, 2.45) is 0 Å². The quantitative estimate of drug-likeness (QED) is 0.327. The highest BCUT2D eigenvalue weighted by molar-refractivity contribution is 6.07. The molecule has 0 saturated carbocycles. The van der Waals surface area contributed by atoms with Crippen LogP contribution in [0.15, 0.2) is 24.3 Å². The lowest BCUT2D eigenvalue weighted by Crippen LogP contribution is -2.12. The highest BCUT2D eigenvalue weighted by atomic mass is 16.5. The van der Waals surface area contributed by atoms with Crippen molar-refractivity contribution in [2.75, 3.05) is 12.3 Å². The van der Waals surface area contributed by atoms with Gasteiger partial charge >= 0.3 is 5.97 Å². The maximum absolute atomic E-state index is 11.5. The second-order valence-electron chi connectivity index (χ2n) is 4.56. The molecule has 0 unspecified atom stereocenters. The molecule has 1 rings (SSSR count). The molecule has 0 atom stereocenters. The van der Waals surface area contributed by atoms with Gasteiger partial charge < -0.3 is 15.9 Å². The molecular weight excluding hydrogens is 240 g/mol. The van der Waals surface area contributed by atoms with E-state index >= 15 is 0 Å². The van der Waals surface area contributed by atoms with Gasteiger partial charge in [0.1, 0.15) is 0 Å². The van der Waals surface area contributed by atoms with Gasteiger partial charge in [-0.2, -0.15) is 0 Å². The minimum atomic E-state index is -0.335. The third-order valence-electron chi connectivity index (χ3n) is 2.84. The second-order valence-corrected chi connectivity index (χ2v) is 4.56. The molecule has 0 fully saturated rings. The van der Waals surface area contributed by atoms with E-state index in [9.17, 15) is 4.79 Å². The zero-order valence-electron chi connectivity index (χ0n) is 11.4. The molecule has 19 heavy (non-hydrogen) atoms. The summed E-state index contributed by atoms with van der Waals surface area (Å²) in [6, 6.07) is 6.93. The third kappa shape index (κ3) is 6.04. The van der Waals surface area contributed by atoms with Gasteiger partial charge in [0, 0.05) is 11.4 Å². The van der Waals surface area contributed by atoms with E-state index in [0.29, 0.717) is 17.9 Å². The molecule has 0 spiro atoms. The first-order valence-corrected chi connectivity index (χ1v) is 6.72. The van der Waals surface area contributed by atoms with Gasteiger partial charge in [0.15, 0.2) is 0 Å². The fraction of sp³-hybridized carbons (Fsp3) is 0.467. The SMILES string of the molecule is CCCCCCOC(=O)CC(=N)c1ccc(N)cc1. The molecule has 0 aromatic heterocycles. The van der Waals surface area contributed by atoms with Crippen LogP contribution in [0.3, 0.4) is 0 Å². The van der Waals surface area contributed by atoms with Crippen LogP contribution in [0.4, 0.5) is 5.69 Å². The molecule has 0 aliphatic carbocycles. The summed E-state index contributed by atoms with van der Waals surface area (Å²) < 4.78 is 5.10. The first kappa shape index (κ1) is 15.2. The Labute approximate surface area is 114 Å². The van der Waals surface area contributed by atoms with Crippen LogP contribution in [0.25, 0.3) is 0 Å². The maximum atomic E-state index is 11.5. The van der Waals surface area contributed by atoms with E-state index in [0.717, 1.165) is 19.3 Å². The summed E-state index contributed by atoms with van der Waals surface area (Å²) in [6.45, 7) is 2.59. The van der Waals surface area contributed by atoms with Crippen molar-refractivity contribution in [1.29, 1.82) is 5.41 Å². The highest BCUT2D eigenvalue weighted by Gasteiger charge is 2.09. The number of ether oxygens (including phenoxy) is 1. The first-order valence-electron chi connectivity index (χ1n) is 6.72. The Balaban J connectivity index is 2.28. The van der Waals surface area contributed by atoms with Gasteiger partial charge in [-0.05, 0) is 24.1 Å². The summed E-state index contributed by atoms with van der Waals surface area (Å²) in [5.74, 6) is -0.335. The first-order chi connectivity index (χ1) is 9.13. The van der Waals surface area contributed by atoms with Crippen LogP contribution in [0.5, 0.6) is 0 Å². The number of nitrogens with two attached hydrogens (primary N) is 1. The monoisotopic (exact) mass is 262 g/mol. The number of nitrogen functional groups attached to an aromatic ring is 1. The Hall–Kier alpha value is -1.84. The number of carbonyl (C=O) groups is 1. The standard InChI is InChI=1S/C15H22N2O2/c1-2-3-4-5-10-19-15(18)11-14(17)12-6-8-13(16)9-7-12/h6-9,17H,2-5,10-11,16H2,1H3. The van der Waals surface area contributed by atoms with Crippen molar-refractivity contribution in [3.05, 3.63) is 29.8 Å². The van der Waals surface area contributed by atoms with Crippen LogP contribution in [-0.4, -0.2) is 18.3 Å². The summed E-state index contributed by atoms with van der Waals surface area (Å²) >= 11 is 0. The topological polar surface area (TPSA) is 76.2 Å². The van der Waals surface area contributed by atoms with Crippen molar-refractivity contribution >= 4 is 17.4 Å². The molecule has 0 amide bonds. The summed E-state index contributed by atoms with van der Waals surface area (Å²) in [5.41, 5.74) is 7.19. The van der Waals surface area contributed by atoms with Crippen molar-refractivity contribution in [3.8, 4) is 0 Å². The summed E-state index contributed by atoms with van der Waals surface area (Å²) in [7, 11) is 0. The van der Waals surface area contributed by atoms with E-state index < -0.39 is 0 Å². The molecule has 0 radical (unpaired) electrons. The smallest absolute Gasteiger partial charge is 0.311 e. The van der Waals surface area contributed by atoms with Gasteiger partial charge in [0.05, 0.1) is 13.0 Å². The van der Waals surface area contributed by atoms with Gasteiger partial charge in [-0.1, -0.05) is 38.3 Å². The number of nitrogens with one attached hydrogen (secondary N) is 1. The fourth-order valence-corrected chi connectivity index (χ4v) is 1.70. The van der Waals surface area contributed by atoms with Crippen LogP contribution in [0.2, 0.25) is 0 Å². The molecule has 104 valence electrons. The highest BCUT2D eigenvalue weighted by Crippen LogP contribution is 2.08. The number of benzene rings is 1. The molecular formula is C15H22N2O2. The average molecular weight is 262 g/mol. The summed E-state index contributed by atoms with van der Waals surface area (Å²) in [6.07, 6.45) is 4.32. The largest absolute Gasteiger partial charge is 0.465 e. The number of hydrogen-bond donors (Lipinski definition) is 2. The zero-order chi connectivity index (χ0) is 14.1. The van der Waals surface area contributed by atoms with Crippen molar-refractivity contribution in [1.82, 2.24) is 0 Å². The minimum absolute atomic E-state index is 0.0116. The number of unbranched alkanes of at least 4 members (excludes halogenated alkanes) is 3. The van der Waals surface area contributed by atoms with E-state index in [4.69, 9.17) is 15.9 Å². The zero-order valence-corrected chi connectivity index (χ0v) is 11.4. The van der Waals surface area contributed by atoms with Crippen molar-refractivity contribution in [3.63, 3.8) is 0 Å². The number of esters is 1. The Kier molecular flexibility index (Phi) is 6.64. The Morgan fingerprint density at radius 1 is 1.21 bits per heavy atom. The predicted molar refractivity (Wildman–Crippen MR) is 77.4 cm³/mol. The van der Waals surface area contributed by atoms with Crippen LogP contribution in [0, 0.1) is 5.41 Å². The molecule has 0 bridgehead atoms. The molecule has 1 aromatic carbocycles. The number of anilines is 1. The molecule has 0 saturated heterocycles. The van der Waals surface area contributed by atoms with E-state index in [-0.39, 0.29) is 18.1 Å². The lowest BCUT2D eigenvalue weighted by molar-refractivity contribution is -0.142.